The molecule has 0 spiro atoms. The van der Waals surface area contributed by atoms with Crippen LogP contribution in [-0.4, -0.2) is 30.6 Å². The summed E-state index contributed by atoms with van der Waals surface area (Å²) in [5.74, 6) is -0.286. The van der Waals surface area contributed by atoms with E-state index >= 15 is 0 Å². The number of hydrogen-bond acceptors (Lipinski definition) is 6. The van der Waals surface area contributed by atoms with E-state index in [1.807, 2.05) is 4.57 Å². The first-order valence-electron chi connectivity index (χ1n) is 6.82. The van der Waals surface area contributed by atoms with Crippen molar-refractivity contribution in [2.45, 2.75) is 26.9 Å². The van der Waals surface area contributed by atoms with Crippen LogP contribution in [0.3, 0.4) is 0 Å². The van der Waals surface area contributed by atoms with Gasteiger partial charge in [-0.2, -0.15) is 0 Å². The molecule has 2 N–H and O–H groups in total. The zero-order valence-electron chi connectivity index (χ0n) is 12.2. The zero-order chi connectivity index (χ0) is 15.7. The van der Waals surface area contributed by atoms with E-state index in [4.69, 9.17) is 0 Å². The fourth-order valence-corrected chi connectivity index (χ4v) is 3.35. The topological polar surface area (TPSA) is 92.9 Å². The molecule has 22 heavy (non-hydrogen) atoms. The second kappa shape index (κ2) is 5.72. The quantitative estimate of drug-likeness (QED) is 0.751. The van der Waals surface area contributed by atoms with Crippen LogP contribution < -0.4 is 5.32 Å². The molecule has 0 saturated carbocycles. The third-order valence-electron chi connectivity index (χ3n) is 3.50. The Morgan fingerprint density at radius 1 is 1.45 bits per heavy atom. The Balaban J connectivity index is 1.95. The number of aromatic carboxylic acids is 1. The summed E-state index contributed by atoms with van der Waals surface area (Å²) in [6.07, 6.45) is 5.03. The Morgan fingerprint density at radius 2 is 2.27 bits per heavy atom. The maximum atomic E-state index is 11.3. The second-order valence-electron chi connectivity index (χ2n) is 4.79. The van der Waals surface area contributed by atoms with Crippen molar-refractivity contribution in [1.29, 1.82) is 0 Å². The molecule has 0 aliphatic heterocycles. The van der Waals surface area contributed by atoms with E-state index in [0.29, 0.717) is 27.6 Å². The minimum atomic E-state index is -0.935. The minimum absolute atomic E-state index is 0.303. The van der Waals surface area contributed by atoms with Crippen LogP contribution in [0.15, 0.2) is 18.9 Å². The van der Waals surface area contributed by atoms with Crippen LogP contribution in [-0.2, 0) is 13.1 Å². The van der Waals surface area contributed by atoms with Crippen molar-refractivity contribution in [2.24, 2.45) is 0 Å². The van der Waals surface area contributed by atoms with E-state index in [2.05, 4.69) is 27.2 Å². The van der Waals surface area contributed by atoms with Gasteiger partial charge < -0.3 is 15.0 Å². The number of aromatic nitrogens is 4. The number of carboxylic acid groups (broad SMARTS) is 1. The highest BCUT2D eigenvalue weighted by Crippen LogP contribution is 2.33. The highest BCUT2D eigenvalue weighted by atomic mass is 32.1. The van der Waals surface area contributed by atoms with Crippen LogP contribution >= 0.6 is 11.3 Å². The maximum Gasteiger partial charge on any atom is 0.346 e. The molecule has 0 amide bonds. The van der Waals surface area contributed by atoms with Crippen molar-refractivity contribution in [2.75, 3.05) is 5.32 Å². The lowest BCUT2D eigenvalue weighted by Gasteiger charge is -2.08. The van der Waals surface area contributed by atoms with Crippen molar-refractivity contribution in [3.8, 4) is 0 Å². The molecule has 0 atom stereocenters. The maximum absolute atomic E-state index is 11.3. The van der Waals surface area contributed by atoms with Gasteiger partial charge in [-0.3, -0.25) is 0 Å². The normalized spacial score (nSPS) is 11.0. The van der Waals surface area contributed by atoms with E-state index in [-0.39, 0.29) is 0 Å². The van der Waals surface area contributed by atoms with Gasteiger partial charge in [-0.25, -0.2) is 19.7 Å². The molecule has 0 saturated heterocycles. The molecular formula is C14H15N5O2S. The van der Waals surface area contributed by atoms with E-state index < -0.39 is 5.97 Å². The van der Waals surface area contributed by atoms with Gasteiger partial charge in [-0.05, 0) is 19.4 Å². The highest BCUT2D eigenvalue weighted by molar-refractivity contribution is 7.20. The molecule has 3 rings (SSSR count). The predicted octanol–water partition coefficient (Wildman–Crippen LogP) is 2.53. The molecule has 0 aromatic carbocycles. The number of hydrogen-bond donors (Lipinski definition) is 2. The van der Waals surface area contributed by atoms with Crippen LogP contribution in [0.5, 0.6) is 0 Å². The number of nitrogens with zero attached hydrogens (tertiary/aromatic N) is 4. The van der Waals surface area contributed by atoms with Crippen LogP contribution in [0.4, 0.5) is 5.82 Å². The number of imidazole rings is 1. The first-order chi connectivity index (χ1) is 10.6. The van der Waals surface area contributed by atoms with Crippen molar-refractivity contribution in [1.82, 2.24) is 19.5 Å². The number of aryl methyl sites for hydroxylation is 2. The third kappa shape index (κ3) is 2.41. The SMILES string of the molecule is CCn1cncc1CNc1ncnc2sc(C(=O)O)c(C)c12. The summed E-state index contributed by atoms with van der Waals surface area (Å²) in [7, 11) is 0. The Labute approximate surface area is 130 Å². The van der Waals surface area contributed by atoms with Crippen molar-refractivity contribution >= 4 is 33.3 Å². The van der Waals surface area contributed by atoms with Gasteiger partial charge in [0.1, 0.15) is 21.9 Å². The largest absolute Gasteiger partial charge is 0.477 e. The first kappa shape index (κ1) is 14.5. The Bertz CT molecular complexity index is 839. The molecule has 0 aliphatic carbocycles. The van der Waals surface area contributed by atoms with Gasteiger partial charge in [-0.1, -0.05) is 0 Å². The summed E-state index contributed by atoms with van der Waals surface area (Å²) in [6.45, 7) is 5.25. The average molecular weight is 317 g/mol. The molecule has 3 heterocycles. The van der Waals surface area contributed by atoms with Gasteiger partial charge in [0.15, 0.2) is 0 Å². The molecule has 114 valence electrons. The number of carboxylic acids is 1. The van der Waals surface area contributed by atoms with Crippen LogP contribution in [0.2, 0.25) is 0 Å². The Kier molecular flexibility index (Phi) is 3.76. The number of anilines is 1. The summed E-state index contributed by atoms with van der Waals surface area (Å²) >= 11 is 1.17. The van der Waals surface area contributed by atoms with Gasteiger partial charge in [0.25, 0.3) is 0 Å². The summed E-state index contributed by atoms with van der Waals surface area (Å²) in [4.78, 5) is 24.8. The van der Waals surface area contributed by atoms with E-state index in [1.165, 1.54) is 17.7 Å². The third-order valence-corrected chi connectivity index (χ3v) is 4.69. The minimum Gasteiger partial charge on any atom is -0.477 e. The van der Waals surface area contributed by atoms with E-state index in [0.717, 1.165) is 17.6 Å². The second-order valence-corrected chi connectivity index (χ2v) is 5.79. The van der Waals surface area contributed by atoms with Crippen molar-refractivity contribution in [3.63, 3.8) is 0 Å². The summed E-state index contributed by atoms with van der Waals surface area (Å²) in [6, 6.07) is 0. The lowest BCUT2D eigenvalue weighted by molar-refractivity contribution is 0.0701. The molecule has 3 aromatic heterocycles. The number of thiophene rings is 1. The molecule has 8 heteroatoms. The number of nitrogens with one attached hydrogen (secondary N) is 1. The lowest BCUT2D eigenvalue weighted by atomic mass is 10.2. The first-order valence-corrected chi connectivity index (χ1v) is 7.63. The molecule has 3 aromatic rings. The van der Waals surface area contributed by atoms with Gasteiger partial charge >= 0.3 is 5.97 Å². The van der Waals surface area contributed by atoms with E-state index in [1.54, 1.807) is 19.4 Å². The summed E-state index contributed by atoms with van der Waals surface area (Å²) in [5.41, 5.74) is 1.74. The molecule has 0 fully saturated rings. The number of carbonyl (C=O) groups is 1. The molecule has 0 unspecified atom stereocenters. The number of rotatable bonds is 5. The van der Waals surface area contributed by atoms with Gasteiger partial charge in [0.05, 0.1) is 24.0 Å². The molecule has 0 aliphatic rings. The highest BCUT2D eigenvalue weighted by Gasteiger charge is 2.18. The summed E-state index contributed by atoms with van der Waals surface area (Å²) < 4.78 is 2.04. The smallest absolute Gasteiger partial charge is 0.346 e. The average Bonchev–Trinajstić information content (AvgIpc) is 3.09. The van der Waals surface area contributed by atoms with Gasteiger partial charge in [-0.15, -0.1) is 11.3 Å². The monoisotopic (exact) mass is 317 g/mol. The Morgan fingerprint density at radius 3 is 3.00 bits per heavy atom. The standard InChI is InChI=1S/C14H15N5O2S/c1-3-19-7-15-4-9(19)5-16-12-10-8(2)11(14(20)21)22-13(10)18-6-17-12/h4,6-7H,3,5H2,1-2H3,(H,20,21)(H,16,17,18). The fourth-order valence-electron chi connectivity index (χ4n) is 2.36. The zero-order valence-corrected chi connectivity index (χ0v) is 13.0. The summed E-state index contributed by atoms with van der Waals surface area (Å²) in [5, 5.41) is 13.3. The fraction of sp³-hybridized carbons (Fsp3) is 0.286. The molecular weight excluding hydrogens is 302 g/mol. The Hall–Kier alpha value is -2.48. The number of fused-ring (bicyclic) bond motifs is 1. The molecule has 0 radical (unpaired) electrons. The van der Waals surface area contributed by atoms with E-state index in [9.17, 15) is 9.90 Å². The van der Waals surface area contributed by atoms with Crippen LogP contribution in [0.25, 0.3) is 10.2 Å². The lowest BCUT2D eigenvalue weighted by Crippen LogP contribution is -2.07. The van der Waals surface area contributed by atoms with Gasteiger partial charge in [0, 0.05) is 12.7 Å². The van der Waals surface area contributed by atoms with Gasteiger partial charge in [0.2, 0.25) is 0 Å². The predicted molar refractivity (Wildman–Crippen MR) is 84.3 cm³/mol. The molecule has 7 nitrogen and oxygen atoms in total. The van der Waals surface area contributed by atoms with Crippen LogP contribution in [0, 0.1) is 6.92 Å². The molecule has 0 bridgehead atoms. The van der Waals surface area contributed by atoms with Crippen molar-refractivity contribution in [3.05, 3.63) is 35.0 Å². The van der Waals surface area contributed by atoms with Crippen LogP contribution in [0.1, 0.15) is 27.9 Å². The van der Waals surface area contributed by atoms with Crippen molar-refractivity contribution < 1.29 is 9.90 Å².